The maximum Gasteiger partial charge on any atom is 0.573 e. The van der Waals surface area contributed by atoms with E-state index in [0.29, 0.717) is 10.4 Å². The Bertz CT molecular complexity index is 932. The summed E-state index contributed by atoms with van der Waals surface area (Å²) in [7, 11) is -3.18. The van der Waals surface area contributed by atoms with Gasteiger partial charge in [-0.05, 0) is 30.3 Å². The van der Waals surface area contributed by atoms with Gasteiger partial charge in [-0.3, -0.25) is 4.79 Å². The molecule has 27 heavy (non-hydrogen) atoms. The number of benzene rings is 2. The van der Waals surface area contributed by atoms with Gasteiger partial charge in [0, 0.05) is 18.8 Å². The average Bonchev–Trinajstić information content (AvgIpc) is 2.53. The van der Waals surface area contributed by atoms with Crippen LogP contribution in [0.2, 0.25) is 0 Å². The first kappa shape index (κ1) is 20.6. The van der Waals surface area contributed by atoms with Crippen LogP contribution in [0.25, 0.3) is 0 Å². The molecule has 6 nitrogen and oxygen atoms in total. The zero-order chi connectivity index (χ0) is 20.2. The summed E-state index contributed by atoms with van der Waals surface area (Å²) < 4.78 is 79.1. The predicted molar refractivity (Wildman–Crippen MR) is 88.0 cm³/mol. The lowest BCUT2D eigenvalue weighted by Crippen LogP contribution is -2.35. The number of rotatable bonds is 6. The molecule has 0 saturated carbocycles. The van der Waals surface area contributed by atoms with Gasteiger partial charge in [0.15, 0.2) is 0 Å². The maximum absolute atomic E-state index is 13.1. The number of amides is 1. The van der Waals surface area contributed by atoms with Gasteiger partial charge in [-0.2, -0.15) is 4.31 Å². The van der Waals surface area contributed by atoms with Crippen LogP contribution in [0.3, 0.4) is 0 Å². The van der Waals surface area contributed by atoms with Crippen LogP contribution >= 0.6 is 0 Å². The van der Waals surface area contributed by atoms with Crippen molar-refractivity contribution < 1.29 is 35.5 Å². The molecule has 0 aliphatic heterocycles. The molecule has 0 heterocycles. The summed E-state index contributed by atoms with van der Waals surface area (Å²) in [5, 5.41) is 2.32. The molecule has 0 radical (unpaired) electrons. The molecule has 0 spiro atoms. The predicted octanol–water partition coefficient (Wildman–Crippen LogP) is 2.98. The normalized spacial score (nSPS) is 12.1. The summed E-state index contributed by atoms with van der Waals surface area (Å²) >= 11 is 0. The molecule has 0 aliphatic rings. The van der Waals surface area contributed by atoms with Crippen LogP contribution in [0.4, 0.5) is 23.2 Å². The molecule has 2 rings (SSSR count). The molecule has 0 unspecified atom stereocenters. The molecule has 0 aliphatic carbocycles. The first-order chi connectivity index (χ1) is 12.5. The molecule has 0 atom stereocenters. The Balaban J connectivity index is 2.11. The van der Waals surface area contributed by atoms with Gasteiger partial charge in [0.05, 0.1) is 11.4 Å². The van der Waals surface area contributed by atoms with E-state index in [0.717, 1.165) is 31.3 Å². The number of hydrogen-bond acceptors (Lipinski definition) is 4. The summed E-state index contributed by atoms with van der Waals surface area (Å²) in [5.74, 6) is -2.05. The van der Waals surface area contributed by atoms with Crippen molar-refractivity contribution in [3.8, 4) is 5.75 Å². The minimum Gasteiger partial charge on any atom is -0.406 e. The van der Waals surface area contributed by atoms with Crippen molar-refractivity contribution in [1.29, 1.82) is 0 Å². The van der Waals surface area contributed by atoms with Crippen molar-refractivity contribution in [3.05, 3.63) is 54.3 Å². The molecule has 1 N–H and O–H groups in total. The number of nitrogens with zero attached hydrogens (tertiary/aromatic N) is 1. The van der Waals surface area contributed by atoms with Crippen molar-refractivity contribution in [3.63, 3.8) is 0 Å². The molecular weight excluding hydrogens is 392 g/mol. The summed E-state index contributed by atoms with van der Waals surface area (Å²) in [6.45, 7) is -0.636. The third-order valence-electron chi connectivity index (χ3n) is 3.22. The number of carbonyl (C=O) groups excluding carboxylic acids is 1. The minimum atomic E-state index is -4.97. The molecule has 146 valence electrons. The minimum absolute atomic E-state index is 0.131. The monoisotopic (exact) mass is 406 g/mol. The summed E-state index contributed by atoms with van der Waals surface area (Å²) in [6.07, 6.45) is -4.97. The van der Waals surface area contributed by atoms with E-state index in [-0.39, 0.29) is 5.69 Å². The van der Waals surface area contributed by atoms with Crippen LogP contribution in [0.15, 0.2) is 53.4 Å². The van der Waals surface area contributed by atoms with Gasteiger partial charge in [0.2, 0.25) is 15.9 Å². The Morgan fingerprint density at radius 1 is 1.15 bits per heavy atom. The zero-order valence-corrected chi connectivity index (χ0v) is 14.6. The molecule has 0 saturated heterocycles. The van der Waals surface area contributed by atoms with Crippen molar-refractivity contribution in [2.45, 2.75) is 11.3 Å². The van der Waals surface area contributed by atoms with Gasteiger partial charge < -0.3 is 10.1 Å². The van der Waals surface area contributed by atoms with E-state index >= 15 is 0 Å². The lowest BCUT2D eigenvalue weighted by Gasteiger charge is -2.17. The van der Waals surface area contributed by atoms with Gasteiger partial charge in [-0.25, -0.2) is 12.8 Å². The lowest BCUT2D eigenvalue weighted by atomic mass is 10.3. The van der Waals surface area contributed by atoms with Crippen LogP contribution in [0.5, 0.6) is 5.75 Å². The quantitative estimate of drug-likeness (QED) is 0.749. The van der Waals surface area contributed by atoms with E-state index in [2.05, 4.69) is 10.1 Å². The van der Waals surface area contributed by atoms with Crippen molar-refractivity contribution in [1.82, 2.24) is 4.31 Å². The highest BCUT2D eigenvalue weighted by atomic mass is 32.2. The Kier molecular flexibility index (Phi) is 6.06. The van der Waals surface area contributed by atoms with E-state index in [9.17, 15) is 30.8 Å². The molecule has 0 fully saturated rings. The molecular formula is C16H14F4N2O4S. The van der Waals surface area contributed by atoms with Crippen molar-refractivity contribution >= 4 is 21.6 Å². The van der Waals surface area contributed by atoms with Gasteiger partial charge in [-0.15, -0.1) is 13.2 Å². The number of likely N-dealkylation sites (N-methyl/N-ethyl adjacent to an activating group) is 1. The highest BCUT2D eigenvalue weighted by Crippen LogP contribution is 2.26. The second-order valence-electron chi connectivity index (χ2n) is 5.34. The Labute approximate surface area is 152 Å². The molecule has 1 amide bonds. The molecule has 0 bridgehead atoms. The van der Waals surface area contributed by atoms with Crippen LogP contribution in [-0.4, -0.2) is 38.6 Å². The Morgan fingerprint density at radius 3 is 2.44 bits per heavy atom. The first-order valence-corrected chi connectivity index (χ1v) is 8.79. The third-order valence-corrected chi connectivity index (χ3v) is 5.02. The van der Waals surface area contributed by atoms with Gasteiger partial charge >= 0.3 is 6.36 Å². The second kappa shape index (κ2) is 7.92. The van der Waals surface area contributed by atoms with E-state index < -0.39 is 45.3 Å². The fraction of sp³-hybridized carbons (Fsp3) is 0.188. The second-order valence-corrected chi connectivity index (χ2v) is 7.39. The van der Waals surface area contributed by atoms with Gasteiger partial charge in [0.1, 0.15) is 11.6 Å². The number of nitrogens with one attached hydrogen (secondary N) is 1. The fourth-order valence-electron chi connectivity index (χ4n) is 2.07. The maximum atomic E-state index is 13.1. The van der Waals surface area contributed by atoms with Gasteiger partial charge in [0.25, 0.3) is 0 Å². The van der Waals surface area contributed by atoms with Crippen LogP contribution in [0, 0.1) is 5.82 Å². The number of sulfonamides is 1. The van der Waals surface area contributed by atoms with E-state index in [1.807, 2.05) is 0 Å². The SMILES string of the molecule is CN(CC(=O)Nc1cccc(F)c1)S(=O)(=O)c1cccc(OC(F)(F)F)c1. The summed E-state index contributed by atoms with van der Waals surface area (Å²) in [6, 6.07) is 8.78. The molecule has 2 aromatic carbocycles. The van der Waals surface area contributed by atoms with E-state index in [1.54, 1.807) is 0 Å². The molecule has 11 heteroatoms. The smallest absolute Gasteiger partial charge is 0.406 e. The zero-order valence-electron chi connectivity index (χ0n) is 13.8. The van der Waals surface area contributed by atoms with Crippen LogP contribution < -0.4 is 10.1 Å². The molecule has 2 aromatic rings. The van der Waals surface area contributed by atoms with Crippen LogP contribution in [-0.2, 0) is 14.8 Å². The number of alkyl halides is 3. The lowest BCUT2D eigenvalue weighted by molar-refractivity contribution is -0.274. The van der Waals surface area contributed by atoms with Crippen LogP contribution in [0.1, 0.15) is 0 Å². The number of halogens is 4. The van der Waals surface area contributed by atoms with E-state index in [4.69, 9.17) is 0 Å². The number of carbonyl (C=O) groups is 1. The van der Waals surface area contributed by atoms with Crippen molar-refractivity contribution in [2.24, 2.45) is 0 Å². The highest BCUT2D eigenvalue weighted by Gasteiger charge is 2.32. The first-order valence-electron chi connectivity index (χ1n) is 7.35. The summed E-state index contributed by atoms with van der Waals surface area (Å²) in [4.78, 5) is 11.5. The number of ether oxygens (including phenoxy) is 1. The highest BCUT2D eigenvalue weighted by molar-refractivity contribution is 7.89. The average molecular weight is 406 g/mol. The number of anilines is 1. The fourth-order valence-corrected chi connectivity index (χ4v) is 3.23. The molecule has 0 aromatic heterocycles. The Hall–Kier alpha value is -2.66. The van der Waals surface area contributed by atoms with Crippen molar-refractivity contribution in [2.75, 3.05) is 18.9 Å². The Morgan fingerprint density at radius 2 is 1.81 bits per heavy atom. The number of hydrogen-bond donors (Lipinski definition) is 1. The topological polar surface area (TPSA) is 75.7 Å². The standard InChI is InChI=1S/C16H14F4N2O4S/c1-22(10-15(23)21-12-5-2-4-11(17)8-12)27(24,25)14-7-3-6-13(9-14)26-16(18,19)20/h2-9H,10H2,1H3,(H,21,23). The summed E-state index contributed by atoms with van der Waals surface area (Å²) in [5.41, 5.74) is 0.131. The van der Waals surface area contributed by atoms with E-state index in [1.165, 1.54) is 18.2 Å². The largest absolute Gasteiger partial charge is 0.573 e. The third kappa shape index (κ3) is 5.93. The van der Waals surface area contributed by atoms with Gasteiger partial charge in [-0.1, -0.05) is 12.1 Å².